The van der Waals surface area contributed by atoms with Crippen molar-refractivity contribution in [2.45, 2.75) is 6.42 Å². The molecule has 0 aliphatic carbocycles. The number of rotatable bonds is 2. The standard InChI is InChI=1S/C14H13BrN2O3/c15-10-1-2-11-9(5-10)6-12(20-11)14(19)17-4-3-8(7-17)13(16)18/h1-2,5-6,8H,3-4,7H2,(H2,16,18)/t8-/m0/s1. The highest BCUT2D eigenvalue weighted by Gasteiger charge is 2.31. The molecular formula is C14H13BrN2O3. The number of fused-ring (bicyclic) bond motifs is 1. The van der Waals surface area contributed by atoms with E-state index in [1.165, 1.54) is 0 Å². The van der Waals surface area contributed by atoms with Gasteiger partial charge in [0.25, 0.3) is 5.91 Å². The Morgan fingerprint density at radius 2 is 2.15 bits per heavy atom. The van der Waals surface area contributed by atoms with Crippen molar-refractivity contribution >= 4 is 38.7 Å². The first-order chi connectivity index (χ1) is 9.54. The van der Waals surface area contributed by atoms with E-state index in [2.05, 4.69) is 15.9 Å². The topological polar surface area (TPSA) is 76.5 Å². The van der Waals surface area contributed by atoms with Crippen molar-refractivity contribution < 1.29 is 14.0 Å². The van der Waals surface area contributed by atoms with Gasteiger partial charge in [0, 0.05) is 22.9 Å². The molecule has 1 aromatic heterocycles. The Balaban J connectivity index is 1.84. The molecule has 1 atom stereocenters. The van der Waals surface area contributed by atoms with Crippen LogP contribution in [0.25, 0.3) is 11.0 Å². The molecule has 0 saturated carbocycles. The highest BCUT2D eigenvalue weighted by molar-refractivity contribution is 9.10. The molecule has 2 aromatic rings. The third-order valence-electron chi connectivity index (χ3n) is 3.57. The molecule has 104 valence electrons. The summed E-state index contributed by atoms with van der Waals surface area (Å²) in [6.45, 7) is 0.905. The van der Waals surface area contributed by atoms with Gasteiger partial charge in [-0.25, -0.2) is 0 Å². The van der Waals surface area contributed by atoms with Crippen molar-refractivity contribution in [3.05, 3.63) is 34.5 Å². The minimum absolute atomic E-state index is 0.193. The monoisotopic (exact) mass is 336 g/mol. The zero-order chi connectivity index (χ0) is 14.3. The fraction of sp³-hybridized carbons (Fsp3) is 0.286. The van der Waals surface area contributed by atoms with Gasteiger partial charge in [-0.2, -0.15) is 0 Å². The van der Waals surface area contributed by atoms with Crippen LogP contribution in [0, 0.1) is 5.92 Å². The molecule has 2 amide bonds. The first-order valence-corrected chi connectivity index (χ1v) is 7.11. The van der Waals surface area contributed by atoms with E-state index < -0.39 is 0 Å². The van der Waals surface area contributed by atoms with Gasteiger partial charge >= 0.3 is 0 Å². The summed E-state index contributed by atoms with van der Waals surface area (Å²) < 4.78 is 6.50. The summed E-state index contributed by atoms with van der Waals surface area (Å²) in [4.78, 5) is 25.1. The van der Waals surface area contributed by atoms with Crippen molar-refractivity contribution in [2.75, 3.05) is 13.1 Å². The van der Waals surface area contributed by atoms with E-state index in [-0.39, 0.29) is 17.7 Å². The number of likely N-dealkylation sites (tertiary alicyclic amines) is 1. The molecule has 0 bridgehead atoms. The minimum Gasteiger partial charge on any atom is -0.451 e. The summed E-state index contributed by atoms with van der Waals surface area (Å²) in [6.07, 6.45) is 0.618. The number of benzene rings is 1. The Kier molecular flexibility index (Phi) is 3.25. The van der Waals surface area contributed by atoms with E-state index >= 15 is 0 Å². The molecule has 1 aliphatic heterocycles. The molecule has 2 N–H and O–H groups in total. The van der Waals surface area contributed by atoms with Crippen LogP contribution < -0.4 is 5.73 Å². The molecule has 1 aromatic carbocycles. The molecule has 0 spiro atoms. The minimum atomic E-state index is -0.353. The number of furan rings is 1. The van der Waals surface area contributed by atoms with E-state index in [1.807, 2.05) is 18.2 Å². The third-order valence-corrected chi connectivity index (χ3v) is 4.06. The summed E-state index contributed by atoms with van der Waals surface area (Å²) in [5.74, 6) is -0.504. The normalized spacial score (nSPS) is 18.6. The van der Waals surface area contributed by atoms with Crippen LogP contribution in [0.4, 0.5) is 0 Å². The lowest BCUT2D eigenvalue weighted by molar-refractivity contribution is -0.121. The summed E-state index contributed by atoms with van der Waals surface area (Å²) in [7, 11) is 0. The zero-order valence-corrected chi connectivity index (χ0v) is 12.2. The first kappa shape index (κ1) is 13.2. The number of halogens is 1. The first-order valence-electron chi connectivity index (χ1n) is 6.32. The molecule has 3 rings (SSSR count). The van der Waals surface area contributed by atoms with Crippen LogP contribution in [-0.2, 0) is 4.79 Å². The number of hydrogen-bond donors (Lipinski definition) is 1. The highest BCUT2D eigenvalue weighted by atomic mass is 79.9. The van der Waals surface area contributed by atoms with Gasteiger partial charge in [0.1, 0.15) is 5.58 Å². The van der Waals surface area contributed by atoms with Crippen molar-refractivity contribution in [1.29, 1.82) is 0 Å². The maximum absolute atomic E-state index is 12.3. The van der Waals surface area contributed by atoms with Gasteiger partial charge in [0.2, 0.25) is 5.91 Å². The average molecular weight is 337 g/mol. The number of hydrogen-bond acceptors (Lipinski definition) is 3. The average Bonchev–Trinajstić information content (AvgIpc) is 3.03. The van der Waals surface area contributed by atoms with Gasteiger partial charge in [-0.15, -0.1) is 0 Å². The molecule has 1 aliphatic rings. The predicted octanol–water partition coefficient (Wildman–Crippen LogP) is 2.14. The van der Waals surface area contributed by atoms with E-state index in [4.69, 9.17) is 10.2 Å². The highest BCUT2D eigenvalue weighted by Crippen LogP contribution is 2.25. The molecule has 0 radical (unpaired) electrons. The number of primary amides is 1. The van der Waals surface area contributed by atoms with Crippen LogP contribution in [0.2, 0.25) is 0 Å². The van der Waals surface area contributed by atoms with Crippen LogP contribution >= 0.6 is 15.9 Å². The van der Waals surface area contributed by atoms with Crippen molar-refractivity contribution in [1.82, 2.24) is 4.90 Å². The summed E-state index contributed by atoms with van der Waals surface area (Å²) in [5.41, 5.74) is 5.94. The lowest BCUT2D eigenvalue weighted by atomic mass is 10.1. The summed E-state index contributed by atoms with van der Waals surface area (Å²) in [6, 6.07) is 7.29. The summed E-state index contributed by atoms with van der Waals surface area (Å²) in [5, 5.41) is 0.869. The number of amides is 2. The Labute approximate surface area is 123 Å². The van der Waals surface area contributed by atoms with Gasteiger partial charge in [0.15, 0.2) is 5.76 Å². The van der Waals surface area contributed by atoms with Crippen molar-refractivity contribution in [3.63, 3.8) is 0 Å². The van der Waals surface area contributed by atoms with E-state index in [0.29, 0.717) is 30.9 Å². The number of nitrogens with two attached hydrogens (primary N) is 1. The molecular weight excluding hydrogens is 324 g/mol. The van der Waals surface area contributed by atoms with Crippen LogP contribution in [-0.4, -0.2) is 29.8 Å². The molecule has 6 heteroatoms. The zero-order valence-electron chi connectivity index (χ0n) is 10.6. The summed E-state index contributed by atoms with van der Waals surface area (Å²) >= 11 is 3.38. The largest absolute Gasteiger partial charge is 0.451 e. The van der Waals surface area contributed by atoms with Gasteiger partial charge < -0.3 is 15.1 Å². The quantitative estimate of drug-likeness (QED) is 0.912. The van der Waals surface area contributed by atoms with Gasteiger partial charge in [-0.3, -0.25) is 9.59 Å². The van der Waals surface area contributed by atoms with E-state index in [0.717, 1.165) is 9.86 Å². The molecule has 1 fully saturated rings. The Bertz CT molecular complexity index is 695. The van der Waals surface area contributed by atoms with Gasteiger partial charge in [-0.1, -0.05) is 15.9 Å². The van der Waals surface area contributed by atoms with E-state index in [9.17, 15) is 9.59 Å². The molecule has 5 nitrogen and oxygen atoms in total. The van der Waals surface area contributed by atoms with Gasteiger partial charge in [0.05, 0.1) is 5.92 Å². The lowest BCUT2D eigenvalue weighted by Gasteiger charge is -2.13. The van der Waals surface area contributed by atoms with Crippen molar-refractivity contribution in [2.24, 2.45) is 11.7 Å². The maximum atomic E-state index is 12.3. The second-order valence-corrected chi connectivity index (χ2v) is 5.85. The molecule has 2 heterocycles. The Hall–Kier alpha value is -1.82. The Morgan fingerprint density at radius 1 is 1.35 bits per heavy atom. The fourth-order valence-corrected chi connectivity index (χ4v) is 2.83. The second kappa shape index (κ2) is 4.94. The molecule has 20 heavy (non-hydrogen) atoms. The Morgan fingerprint density at radius 3 is 2.85 bits per heavy atom. The molecule has 1 saturated heterocycles. The van der Waals surface area contributed by atoms with E-state index in [1.54, 1.807) is 11.0 Å². The predicted molar refractivity (Wildman–Crippen MR) is 77.1 cm³/mol. The maximum Gasteiger partial charge on any atom is 0.289 e. The van der Waals surface area contributed by atoms with Crippen LogP contribution in [0.1, 0.15) is 17.0 Å². The SMILES string of the molecule is NC(=O)[C@H]1CCN(C(=O)c2cc3cc(Br)ccc3o2)C1. The van der Waals surface area contributed by atoms with Crippen molar-refractivity contribution in [3.8, 4) is 0 Å². The molecule has 0 unspecified atom stereocenters. The fourth-order valence-electron chi connectivity index (χ4n) is 2.45. The number of carbonyl (C=O) groups is 2. The van der Waals surface area contributed by atoms with Crippen LogP contribution in [0.3, 0.4) is 0 Å². The number of carbonyl (C=O) groups excluding carboxylic acids is 2. The number of nitrogens with zero attached hydrogens (tertiary/aromatic N) is 1. The third kappa shape index (κ3) is 2.31. The smallest absolute Gasteiger partial charge is 0.289 e. The van der Waals surface area contributed by atoms with Crippen LogP contribution in [0.5, 0.6) is 0 Å². The van der Waals surface area contributed by atoms with Crippen LogP contribution in [0.15, 0.2) is 33.2 Å². The second-order valence-electron chi connectivity index (χ2n) is 4.93. The lowest BCUT2D eigenvalue weighted by Crippen LogP contribution is -2.31. The van der Waals surface area contributed by atoms with Gasteiger partial charge in [-0.05, 0) is 30.7 Å².